The number of allylic oxidation sites excluding steroid dienone is 2. The molecule has 6 nitrogen and oxygen atoms in total. The lowest BCUT2D eigenvalue weighted by atomic mass is 9.77. The number of carbonyl (C=O) groups is 1. The Kier molecular flexibility index (Phi) is 4.91. The van der Waals surface area contributed by atoms with E-state index < -0.39 is 5.92 Å². The van der Waals surface area contributed by atoms with E-state index in [1.54, 1.807) is 0 Å². The molecular formula is C28H23N3O3. The number of Topliss-reactive ketones (excluding diaryl/α,β-unsaturated/α-hetero) is 1. The molecule has 168 valence electrons. The predicted molar refractivity (Wildman–Crippen MR) is 131 cm³/mol. The molecule has 6 heteroatoms. The van der Waals surface area contributed by atoms with Crippen LogP contribution in [0.3, 0.4) is 0 Å². The van der Waals surface area contributed by atoms with Crippen molar-refractivity contribution in [2.45, 2.75) is 25.2 Å². The Balaban J connectivity index is 1.50. The highest BCUT2D eigenvalue weighted by atomic mass is 16.5. The molecule has 1 aliphatic carbocycles. The Morgan fingerprint density at radius 1 is 0.824 bits per heavy atom. The number of ether oxygens (including phenoxy) is 1. The molecule has 0 saturated heterocycles. The van der Waals surface area contributed by atoms with Crippen LogP contribution < -0.4 is 15.6 Å². The fraction of sp³-hybridized carbons (Fsp3) is 0.143. The zero-order chi connectivity index (χ0) is 23.1. The van der Waals surface area contributed by atoms with Crippen LogP contribution in [0, 0.1) is 0 Å². The van der Waals surface area contributed by atoms with Crippen molar-refractivity contribution in [3.63, 3.8) is 0 Å². The van der Waals surface area contributed by atoms with Crippen molar-refractivity contribution >= 4 is 11.6 Å². The summed E-state index contributed by atoms with van der Waals surface area (Å²) in [6, 6.07) is 26.7. The molecule has 2 aliphatic rings. The van der Waals surface area contributed by atoms with E-state index in [0.717, 1.165) is 35.5 Å². The van der Waals surface area contributed by atoms with Crippen LogP contribution in [0.4, 0.5) is 5.82 Å². The van der Waals surface area contributed by atoms with E-state index in [2.05, 4.69) is 10.4 Å². The number of carbonyl (C=O) groups excluding carboxylic acids is 1. The smallest absolute Gasteiger partial charge is 0.277 e. The first-order chi connectivity index (χ1) is 16.7. The molecule has 4 aromatic rings. The Labute approximate surface area is 196 Å². The third kappa shape index (κ3) is 3.44. The van der Waals surface area contributed by atoms with Gasteiger partial charge >= 0.3 is 0 Å². The summed E-state index contributed by atoms with van der Waals surface area (Å²) in [5, 5.41) is 6.60. The normalized spacial score (nSPS) is 17.1. The number of hydrogen-bond donors (Lipinski definition) is 2. The molecule has 6 rings (SSSR count). The number of H-pyrrole nitrogens is 1. The molecule has 0 saturated carbocycles. The van der Waals surface area contributed by atoms with Crippen LogP contribution >= 0.6 is 0 Å². The maximum atomic E-state index is 13.7. The number of anilines is 1. The van der Waals surface area contributed by atoms with E-state index >= 15 is 0 Å². The number of nitrogens with zero attached hydrogens (tertiary/aromatic N) is 1. The lowest BCUT2D eigenvalue weighted by Crippen LogP contribution is -2.29. The van der Waals surface area contributed by atoms with Crippen LogP contribution in [0.1, 0.15) is 36.3 Å². The average molecular weight is 450 g/mol. The molecule has 2 heterocycles. The number of aromatic amines is 1. The minimum Gasteiger partial charge on any atom is -0.457 e. The van der Waals surface area contributed by atoms with Crippen molar-refractivity contribution in [2.75, 3.05) is 5.32 Å². The Morgan fingerprint density at radius 3 is 2.35 bits per heavy atom. The van der Waals surface area contributed by atoms with Crippen molar-refractivity contribution in [1.82, 2.24) is 9.78 Å². The molecular weight excluding hydrogens is 426 g/mol. The summed E-state index contributed by atoms with van der Waals surface area (Å²) in [5.74, 6) is 1.65. The van der Waals surface area contributed by atoms with Crippen LogP contribution in [0.15, 0.2) is 101 Å². The van der Waals surface area contributed by atoms with Gasteiger partial charge in [-0.3, -0.25) is 14.7 Å². The molecule has 0 amide bonds. The van der Waals surface area contributed by atoms with Crippen LogP contribution in [0.25, 0.3) is 5.69 Å². The van der Waals surface area contributed by atoms with E-state index in [-0.39, 0.29) is 11.3 Å². The van der Waals surface area contributed by atoms with Gasteiger partial charge in [-0.2, -0.15) is 0 Å². The monoisotopic (exact) mass is 449 g/mol. The summed E-state index contributed by atoms with van der Waals surface area (Å²) < 4.78 is 7.60. The van der Waals surface area contributed by atoms with Gasteiger partial charge in [0.15, 0.2) is 5.78 Å². The third-order valence-corrected chi connectivity index (χ3v) is 6.42. The fourth-order valence-electron chi connectivity index (χ4n) is 4.91. The standard InChI is InChI=1S/C28H23N3O3/c32-23-16-8-15-22-25(23)24(18-9-7-14-21(17-18)34-20-12-5-2-6-13-20)26-27(29-22)30-31(28(26)33)19-10-3-1-4-11-19/h1-7,9-14,17,24,29-30H,8,15-16H2/t24-/m1/s1. The summed E-state index contributed by atoms with van der Waals surface area (Å²) in [4.78, 5) is 26.8. The number of aromatic nitrogens is 2. The second kappa shape index (κ2) is 8.23. The first-order valence-electron chi connectivity index (χ1n) is 11.5. The van der Waals surface area contributed by atoms with E-state index in [1.807, 2.05) is 84.9 Å². The molecule has 3 aromatic carbocycles. The molecule has 0 unspecified atom stereocenters. The van der Waals surface area contributed by atoms with Gasteiger partial charge in [0.05, 0.1) is 11.3 Å². The van der Waals surface area contributed by atoms with Gasteiger partial charge in [-0.1, -0.05) is 48.5 Å². The van der Waals surface area contributed by atoms with Crippen molar-refractivity contribution in [1.29, 1.82) is 0 Å². The average Bonchev–Trinajstić information content (AvgIpc) is 3.20. The van der Waals surface area contributed by atoms with Crippen LogP contribution in [-0.2, 0) is 4.79 Å². The Bertz CT molecular complexity index is 1470. The molecule has 0 bridgehead atoms. The third-order valence-electron chi connectivity index (χ3n) is 6.42. The summed E-state index contributed by atoms with van der Waals surface area (Å²) in [7, 11) is 0. The molecule has 34 heavy (non-hydrogen) atoms. The lowest BCUT2D eigenvalue weighted by Gasteiger charge is -2.31. The zero-order valence-electron chi connectivity index (χ0n) is 18.5. The number of nitrogens with one attached hydrogen (secondary N) is 2. The summed E-state index contributed by atoms with van der Waals surface area (Å²) >= 11 is 0. The Hall–Kier alpha value is -4.32. The fourth-order valence-corrected chi connectivity index (χ4v) is 4.91. The molecule has 1 aromatic heterocycles. The first-order valence-corrected chi connectivity index (χ1v) is 11.5. The maximum Gasteiger partial charge on any atom is 0.277 e. The quantitative estimate of drug-likeness (QED) is 0.430. The highest BCUT2D eigenvalue weighted by Gasteiger charge is 2.38. The van der Waals surface area contributed by atoms with Crippen molar-refractivity contribution in [2.24, 2.45) is 0 Å². The number of rotatable bonds is 4. The molecule has 2 N–H and O–H groups in total. The van der Waals surface area contributed by atoms with Gasteiger partial charge in [-0.05, 0) is 54.8 Å². The number of para-hydroxylation sites is 2. The van der Waals surface area contributed by atoms with Gasteiger partial charge in [0, 0.05) is 23.6 Å². The van der Waals surface area contributed by atoms with Gasteiger partial charge in [-0.15, -0.1) is 0 Å². The molecule has 0 spiro atoms. The lowest BCUT2D eigenvalue weighted by molar-refractivity contribution is -0.116. The topological polar surface area (TPSA) is 76.1 Å². The number of hydrogen-bond acceptors (Lipinski definition) is 4. The van der Waals surface area contributed by atoms with Crippen LogP contribution in [0.5, 0.6) is 11.5 Å². The highest BCUT2D eigenvalue weighted by Crippen LogP contribution is 2.44. The Morgan fingerprint density at radius 2 is 1.56 bits per heavy atom. The predicted octanol–water partition coefficient (Wildman–Crippen LogP) is 5.52. The van der Waals surface area contributed by atoms with Crippen LogP contribution in [0.2, 0.25) is 0 Å². The van der Waals surface area contributed by atoms with E-state index in [0.29, 0.717) is 29.1 Å². The van der Waals surface area contributed by atoms with Crippen molar-refractivity contribution in [3.05, 3.63) is 118 Å². The van der Waals surface area contributed by atoms with Crippen molar-refractivity contribution in [3.8, 4) is 17.2 Å². The van der Waals surface area contributed by atoms with E-state index in [9.17, 15) is 9.59 Å². The SMILES string of the molecule is O=C1CCCC2=C1[C@@H](c1cccc(Oc3ccccc3)c1)c1c([nH]n(-c3ccccc3)c1=O)N2. The summed E-state index contributed by atoms with van der Waals surface area (Å²) in [5.41, 5.74) is 3.56. The van der Waals surface area contributed by atoms with Crippen molar-refractivity contribution < 1.29 is 9.53 Å². The minimum absolute atomic E-state index is 0.0886. The first kappa shape index (κ1) is 20.3. The largest absolute Gasteiger partial charge is 0.457 e. The highest BCUT2D eigenvalue weighted by molar-refractivity contribution is 6.00. The zero-order valence-corrected chi connectivity index (χ0v) is 18.5. The summed E-state index contributed by atoms with van der Waals surface area (Å²) in [6.07, 6.45) is 2.06. The molecule has 0 radical (unpaired) electrons. The molecule has 1 atom stereocenters. The maximum absolute atomic E-state index is 13.7. The second-order valence-corrected chi connectivity index (χ2v) is 8.59. The van der Waals surface area contributed by atoms with Gasteiger partial charge < -0.3 is 10.1 Å². The summed E-state index contributed by atoms with van der Waals surface area (Å²) in [6.45, 7) is 0. The van der Waals surface area contributed by atoms with Gasteiger partial charge in [0.25, 0.3) is 5.56 Å². The van der Waals surface area contributed by atoms with Gasteiger partial charge in [-0.25, -0.2) is 4.68 Å². The number of ketones is 1. The minimum atomic E-state index is -0.466. The molecule has 0 fully saturated rings. The van der Waals surface area contributed by atoms with Gasteiger partial charge in [0.1, 0.15) is 17.3 Å². The number of fused-ring (bicyclic) bond motifs is 1. The number of benzene rings is 3. The van der Waals surface area contributed by atoms with E-state index in [4.69, 9.17) is 4.74 Å². The van der Waals surface area contributed by atoms with E-state index in [1.165, 1.54) is 4.68 Å². The van der Waals surface area contributed by atoms with Crippen LogP contribution in [-0.4, -0.2) is 15.6 Å². The van der Waals surface area contributed by atoms with Gasteiger partial charge in [0.2, 0.25) is 0 Å². The molecule has 1 aliphatic heterocycles. The second-order valence-electron chi connectivity index (χ2n) is 8.59.